The first-order valence-electron chi connectivity index (χ1n) is 10.3. The van der Waals surface area contributed by atoms with Crippen LogP contribution in [0.2, 0.25) is 0 Å². The quantitative estimate of drug-likeness (QED) is 0.758. The van der Waals surface area contributed by atoms with Crippen LogP contribution in [0.3, 0.4) is 0 Å². The normalized spacial score (nSPS) is 26.6. The van der Waals surface area contributed by atoms with Gasteiger partial charge in [-0.15, -0.1) is 0 Å². The molecule has 152 valence electrons. The molecule has 0 aliphatic carbocycles. The molecule has 29 heavy (non-hydrogen) atoms. The molecule has 1 aromatic heterocycles. The Morgan fingerprint density at radius 3 is 2.79 bits per heavy atom. The molecule has 2 aromatic rings. The Morgan fingerprint density at radius 1 is 1.21 bits per heavy atom. The van der Waals surface area contributed by atoms with Gasteiger partial charge in [0.05, 0.1) is 30.6 Å². The predicted octanol–water partition coefficient (Wildman–Crippen LogP) is 4.04. The minimum absolute atomic E-state index is 0.0203. The molecule has 3 aliphatic rings. The molecule has 0 bridgehead atoms. The Labute approximate surface area is 175 Å². The number of thioether (sulfide) groups is 1. The van der Waals surface area contributed by atoms with E-state index >= 15 is 4.39 Å². The average molecular weight is 413 g/mol. The SMILES string of the molecule is CCC1CSC2=NC(c3ccccn3)C(c3ccc(N4CCOCC4)c(F)c3)N21. The Kier molecular flexibility index (Phi) is 5.18. The van der Waals surface area contributed by atoms with Crippen molar-refractivity contribution in [1.82, 2.24) is 9.88 Å². The Hall–Kier alpha value is -2.12. The minimum atomic E-state index is -0.169. The van der Waals surface area contributed by atoms with E-state index in [4.69, 9.17) is 9.73 Å². The van der Waals surface area contributed by atoms with E-state index in [-0.39, 0.29) is 17.9 Å². The van der Waals surface area contributed by atoms with E-state index in [1.165, 1.54) is 0 Å². The van der Waals surface area contributed by atoms with Crippen LogP contribution in [0.15, 0.2) is 47.6 Å². The summed E-state index contributed by atoms with van der Waals surface area (Å²) in [6.45, 7) is 4.95. The third-order valence-corrected chi connectivity index (χ3v) is 7.12. The second-order valence-electron chi connectivity index (χ2n) is 7.65. The highest BCUT2D eigenvalue weighted by atomic mass is 32.2. The van der Waals surface area contributed by atoms with Crippen molar-refractivity contribution in [2.45, 2.75) is 31.5 Å². The van der Waals surface area contributed by atoms with Gasteiger partial charge in [-0.3, -0.25) is 9.98 Å². The number of fused-ring (bicyclic) bond motifs is 1. The number of halogens is 1. The molecule has 2 saturated heterocycles. The fraction of sp³-hybridized carbons (Fsp3) is 0.455. The van der Waals surface area contributed by atoms with Crippen LogP contribution in [0.1, 0.15) is 36.7 Å². The zero-order valence-corrected chi connectivity index (χ0v) is 17.3. The van der Waals surface area contributed by atoms with E-state index in [1.54, 1.807) is 17.8 Å². The molecule has 0 radical (unpaired) electrons. The van der Waals surface area contributed by atoms with Crippen LogP contribution >= 0.6 is 11.8 Å². The van der Waals surface area contributed by atoms with Crippen LogP contribution in [0.25, 0.3) is 0 Å². The monoisotopic (exact) mass is 412 g/mol. The van der Waals surface area contributed by atoms with Gasteiger partial charge in [0.15, 0.2) is 5.17 Å². The molecule has 3 atom stereocenters. The standard InChI is InChI=1S/C22H25FN4OS/c1-2-16-14-29-22-25-20(18-5-3-4-8-24-18)21(27(16)22)15-6-7-19(17(23)13-15)26-9-11-28-12-10-26/h3-8,13,16,20-21H,2,9-12,14H2,1H3. The van der Waals surface area contributed by atoms with Crippen molar-refractivity contribution in [1.29, 1.82) is 0 Å². The maximum atomic E-state index is 15.2. The highest BCUT2D eigenvalue weighted by Gasteiger charge is 2.45. The van der Waals surface area contributed by atoms with Crippen molar-refractivity contribution < 1.29 is 9.13 Å². The molecule has 0 amide bonds. The number of aromatic nitrogens is 1. The minimum Gasteiger partial charge on any atom is -0.378 e. The molecule has 5 nitrogen and oxygen atoms in total. The molecule has 2 fully saturated rings. The molecule has 0 spiro atoms. The summed E-state index contributed by atoms with van der Waals surface area (Å²) in [7, 11) is 0. The first-order chi connectivity index (χ1) is 14.3. The van der Waals surface area contributed by atoms with Crippen molar-refractivity contribution in [2.24, 2.45) is 4.99 Å². The fourth-order valence-corrected chi connectivity index (χ4v) is 5.82. The van der Waals surface area contributed by atoms with E-state index in [2.05, 4.69) is 27.8 Å². The van der Waals surface area contributed by atoms with Gasteiger partial charge in [0.1, 0.15) is 11.9 Å². The zero-order valence-electron chi connectivity index (χ0n) is 16.5. The highest BCUT2D eigenvalue weighted by molar-refractivity contribution is 8.14. The van der Waals surface area contributed by atoms with Crippen LogP contribution < -0.4 is 4.90 Å². The van der Waals surface area contributed by atoms with Gasteiger partial charge in [0, 0.05) is 31.1 Å². The Bertz CT molecular complexity index is 903. The van der Waals surface area contributed by atoms with E-state index in [9.17, 15) is 0 Å². The second-order valence-corrected chi connectivity index (χ2v) is 8.63. The number of aliphatic imine (C=N–C) groups is 1. The van der Waals surface area contributed by atoms with Crippen molar-refractivity contribution in [3.05, 3.63) is 59.7 Å². The summed E-state index contributed by atoms with van der Waals surface area (Å²) < 4.78 is 20.6. The van der Waals surface area contributed by atoms with Crippen LogP contribution in [-0.2, 0) is 4.74 Å². The molecule has 0 N–H and O–H groups in total. The van der Waals surface area contributed by atoms with Gasteiger partial charge in [0.25, 0.3) is 0 Å². The molecule has 5 rings (SSSR count). The second kappa shape index (κ2) is 7.95. The zero-order chi connectivity index (χ0) is 19.8. The van der Waals surface area contributed by atoms with Gasteiger partial charge in [-0.2, -0.15) is 0 Å². The lowest BCUT2D eigenvalue weighted by atomic mass is 9.94. The van der Waals surface area contributed by atoms with Crippen molar-refractivity contribution >= 4 is 22.6 Å². The van der Waals surface area contributed by atoms with Crippen molar-refractivity contribution in [3.63, 3.8) is 0 Å². The van der Waals surface area contributed by atoms with Crippen LogP contribution in [-0.4, -0.2) is 53.1 Å². The number of hydrogen-bond donors (Lipinski definition) is 0. The Balaban J connectivity index is 1.52. The third-order valence-electron chi connectivity index (χ3n) is 5.99. The van der Waals surface area contributed by atoms with Gasteiger partial charge >= 0.3 is 0 Å². The summed E-state index contributed by atoms with van der Waals surface area (Å²) in [4.78, 5) is 14.0. The first-order valence-corrected chi connectivity index (χ1v) is 11.3. The van der Waals surface area contributed by atoms with Crippen molar-refractivity contribution in [2.75, 3.05) is 37.0 Å². The fourth-order valence-electron chi connectivity index (χ4n) is 4.48. The summed E-state index contributed by atoms with van der Waals surface area (Å²) >= 11 is 1.80. The van der Waals surface area contributed by atoms with Gasteiger partial charge in [0.2, 0.25) is 0 Å². The molecule has 1 aromatic carbocycles. The maximum Gasteiger partial charge on any atom is 0.160 e. The number of nitrogens with zero attached hydrogens (tertiary/aromatic N) is 4. The molecule has 7 heteroatoms. The van der Waals surface area contributed by atoms with E-state index in [0.29, 0.717) is 24.9 Å². The van der Waals surface area contributed by atoms with Gasteiger partial charge in [-0.1, -0.05) is 30.8 Å². The smallest absolute Gasteiger partial charge is 0.160 e. The lowest BCUT2D eigenvalue weighted by Gasteiger charge is -2.33. The van der Waals surface area contributed by atoms with E-state index < -0.39 is 0 Å². The van der Waals surface area contributed by atoms with Crippen LogP contribution in [0, 0.1) is 5.82 Å². The molecule has 4 heterocycles. The number of ether oxygens (including phenoxy) is 1. The highest BCUT2D eigenvalue weighted by Crippen LogP contribution is 2.48. The third kappa shape index (κ3) is 3.40. The van der Waals surface area contributed by atoms with E-state index in [1.807, 2.05) is 30.5 Å². The number of anilines is 1. The number of hydrogen-bond acceptors (Lipinski definition) is 6. The van der Waals surface area contributed by atoms with Gasteiger partial charge < -0.3 is 14.5 Å². The first kappa shape index (κ1) is 18.9. The number of amidine groups is 1. The largest absolute Gasteiger partial charge is 0.378 e. The molecular formula is C22H25FN4OS. The van der Waals surface area contributed by atoms with Gasteiger partial charge in [-0.25, -0.2) is 4.39 Å². The summed E-state index contributed by atoms with van der Waals surface area (Å²) in [5.41, 5.74) is 2.57. The lowest BCUT2D eigenvalue weighted by molar-refractivity contribution is 0.122. The summed E-state index contributed by atoms with van der Waals surface area (Å²) in [6, 6.07) is 11.9. The summed E-state index contributed by atoms with van der Waals surface area (Å²) in [5, 5.41) is 1.06. The van der Waals surface area contributed by atoms with Crippen molar-refractivity contribution in [3.8, 4) is 0 Å². The van der Waals surface area contributed by atoms with Crippen LogP contribution in [0.4, 0.5) is 10.1 Å². The average Bonchev–Trinajstić information content (AvgIpc) is 3.34. The molecule has 3 unspecified atom stereocenters. The molecular weight excluding hydrogens is 387 g/mol. The lowest BCUT2D eigenvalue weighted by Crippen LogP contribution is -2.37. The van der Waals surface area contributed by atoms with Crippen LogP contribution in [0.5, 0.6) is 0 Å². The summed E-state index contributed by atoms with van der Waals surface area (Å²) in [6.07, 6.45) is 2.86. The number of benzene rings is 1. The van der Waals surface area contributed by atoms with Gasteiger partial charge in [-0.05, 0) is 36.2 Å². The van der Waals surface area contributed by atoms with E-state index in [0.717, 1.165) is 41.7 Å². The number of morpholine rings is 1. The Morgan fingerprint density at radius 2 is 2.07 bits per heavy atom. The molecule has 3 aliphatic heterocycles. The maximum absolute atomic E-state index is 15.2. The molecule has 0 saturated carbocycles. The number of pyridine rings is 1. The predicted molar refractivity (Wildman–Crippen MR) is 115 cm³/mol. The topological polar surface area (TPSA) is 41.0 Å². The number of rotatable bonds is 4. The summed E-state index contributed by atoms with van der Waals surface area (Å²) in [5.74, 6) is 0.868.